The molecule has 2 aliphatic heterocycles. The Morgan fingerprint density at radius 3 is 2.82 bits per heavy atom. The van der Waals surface area contributed by atoms with E-state index in [9.17, 15) is 9.59 Å². The van der Waals surface area contributed by atoms with Crippen molar-refractivity contribution in [3.8, 4) is 5.75 Å². The lowest BCUT2D eigenvalue weighted by molar-refractivity contribution is -0.137. The number of hydrogen-bond donors (Lipinski definition) is 1. The molecule has 2 fully saturated rings. The minimum absolute atomic E-state index is 0.0416. The average molecular weight is 483 g/mol. The first kappa shape index (κ1) is 24.3. The summed E-state index contributed by atoms with van der Waals surface area (Å²) in [7, 11) is 0. The van der Waals surface area contributed by atoms with Gasteiger partial charge in [0.25, 0.3) is 0 Å². The highest BCUT2D eigenvalue weighted by Gasteiger charge is 2.34. The number of nitrogens with one attached hydrogen (secondary N) is 1. The maximum Gasteiger partial charge on any atom is 0.247 e. The number of rotatable bonds is 8. The van der Waals surface area contributed by atoms with Crippen LogP contribution in [0, 0.1) is 5.41 Å². The third-order valence-electron chi connectivity index (χ3n) is 6.22. The van der Waals surface area contributed by atoms with Crippen LogP contribution < -0.4 is 10.1 Å². The highest BCUT2D eigenvalue weighted by Crippen LogP contribution is 2.28. The first-order chi connectivity index (χ1) is 16.4. The number of amides is 2. The lowest BCUT2D eigenvalue weighted by atomic mass is 9.90. The molecule has 2 aromatic rings. The van der Waals surface area contributed by atoms with Crippen molar-refractivity contribution in [1.82, 2.24) is 10.2 Å². The Morgan fingerprint density at radius 2 is 2.06 bits per heavy atom. The first-order valence-electron chi connectivity index (χ1n) is 11.7. The average Bonchev–Trinajstić information content (AvgIpc) is 3.03. The summed E-state index contributed by atoms with van der Waals surface area (Å²) in [6.07, 6.45) is 5.62. The maximum atomic E-state index is 13.3. The van der Waals surface area contributed by atoms with E-state index < -0.39 is 6.04 Å². The molecule has 1 N–H and O–H groups in total. The van der Waals surface area contributed by atoms with E-state index in [1.54, 1.807) is 17.0 Å². The van der Waals surface area contributed by atoms with Gasteiger partial charge in [-0.05, 0) is 54.7 Å². The zero-order chi connectivity index (χ0) is 24.0. The molecule has 0 unspecified atom stereocenters. The van der Waals surface area contributed by atoms with E-state index in [4.69, 9.17) is 21.1 Å². The van der Waals surface area contributed by atoms with Crippen molar-refractivity contribution in [3.63, 3.8) is 0 Å². The van der Waals surface area contributed by atoms with Gasteiger partial charge < -0.3 is 19.7 Å². The van der Waals surface area contributed by atoms with Crippen LogP contribution >= 0.6 is 11.6 Å². The van der Waals surface area contributed by atoms with Crippen LogP contribution in [0.4, 0.5) is 0 Å². The van der Waals surface area contributed by atoms with E-state index in [2.05, 4.69) is 12.2 Å². The van der Waals surface area contributed by atoms with Crippen LogP contribution in [0.2, 0.25) is 5.02 Å². The van der Waals surface area contributed by atoms with Crippen LogP contribution in [0.5, 0.6) is 5.75 Å². The molecule has 1 atom stereocenters. The van der Waals surface area contributed by atoms with Gasteiger partial charge in [0.1, 0.15) is 11.8 Å². The van der Waals surface area contributed by atoms with Crippen LogP contribution in [0.25, 0.3) is 6.08 Å². The Balaban J connectivity index is 1.53. The van der Waals surface area contributed by atoms with Gasteiger partial charge in [0, 0.05) is 29.6 Å². The molecule has 34 heavy (non-hydrogen) atoms. The molecule has 7 heteroatoms. The molecule has 0 aromatic heterocycles. The van der Waals surface area contributed by atoms with Crippen LogP contribution in [-0.4, -0.2) is 49.1 Å². The quantitative estimate of drug-likeness (QED) is 0.564. The Labute approximate surface area is 205 Å². The number of nitrogens with zero attached hydrogens (tertiary/aromatic N) is 1. The Morgan fingerprint density at radius 1 is 1.24 bits per heavy atom. The lowest BCUT2D eigenvalue weighted by Gasteiger charge is -2.37. The van der Waals surface area contributed by atoms with Gasteiger partial charge in [-0.1, -0.05) is 48.9 Å². The molecule has 0 aliphatic carbocycles. The molecule has 2 saturated heterocycles. The number of hydrogen-bond acceptors (Lipinski definition) is 4. The van der Waals surface area contributed by atoms with E-state index in [0.717, 1.165) is 29.7 Å². The van der Waals surface area contributed by atoms with Crippen LogP contribution in [0.1, 0.15) is 37.3 Å². The van der Waals surface area contributed by atoms with Crippen molar-refractivity contribution in [1.29, 1.82) is 0 Å². The van der Waals surface area contributed by atoms with E-state index >= 15 is 0 Å². The second kappa shape index (κ2) is 11.1. The summed E-state index contributed by atoms with van der Waals surface area (Å²) in [5.74, 6) is 0.407. The third kappa shape index (κ3) is 6.19. The van der Waals surface area contributed by atoms with Gasteiger partial charge in [0.2, 0.25) is 11.8 Å². The molecule has 0 saturated carbocycles. The minimum atomic E-state index is -0.526. The van der Waals surface area contributed by atoms with Crippen molar-refractivity contribution >= 4 is 29.5 Å². The summed E-state index contributed by atoms with van der Waals surface area (Å²) in [5, 5.41) is 3.52. The Bertz CT molecular complexity index is 1050. The molecule has 180 valence electrons. The third-order valence-corrected chi connectivity index (χ3v) is 6.56. The monoisotopic (exact) mass is 482 g/mol. The fourth-order valence-electron chi connectivity index (χ4n) is 4.15. The smallest absolute Gasteiger partial charge is 0.247 e. The zero-order valence-corrected chi connectivity index (χ0v) is 20.2. The molecule has 0 bridgehead atoms. The molecular formula is C27H31ClN2O4. The van der Waals surface area contributed by atoms with E-state index in [-0.39, 0.29) is 17.2 Å². The molecule has 2 amide bonds. The summed E-state index contributed by atoms with van der Waals surface area (Å²) in [6, 6.07) is 14.5. The Hall–Kier alpha value is -2.83. The number of halogens is 1. The molecule has 2 heterocycles. The van der Waals surface area contributed by atoms with Gasteiger partial charge in [0.05, 0.1) is 19.8 Å². The zero-order valence-electron chi connectivity index (χ0n) is 19.5. The van der Waals surface area contributed by atoms with Crippen LogP contribution in [0.15, 0.2) is 54.6 Å². The summed E-state index contributed by atoms with van der Waals surface area (Å²) >= 11 is 6.24. The molecule has 0 radical (unpaired) electrons. The number of carbonyl (C=O) groups excluding carboxylic acids is 2. The lowest BCUT2D eigenvalue weighted by Crippen LogP contribution is -2.47. The standard InChI is InChI=1S/C27H31ClN2O4/c1-27(17-33-18-27)19-34-22-9-6-7-20(15-22)16-30(24-11-4-5-14-29-26(24)32)25(31)13-12-21-8-2-3-10-23(21)28/h2-3,6-10,12-13,15,24H,4-5,11,14,16-19H2,1H3,(H,29,32)/b13-12+/t24-/m0/s1. The summed E-state index contributed by atoms with van der Waals surface area (Å²) in [5.41, 5.74) is 1.70. The molecule has 0 spiro atoms. The van der Waals surface area contributed by atoms with E-state index in [1.165, 1.54) is 6.08 Å². The normalized spacial score (nSPS) is 19.7. The largest absolute Gasteiger partial charge is 0.493 e. The van der Waals surface area contributed by atoms with Gasteiger partial charge in [0.15, 0.2) is 0 Å². The van der Waals surface area contributed by atoms with E-state index in [0.29, 0.717) is 44.4 Å². The molecule has 2 aromatic carbocycles. The second-order valence-corrected chi connectivity index (χ2v) is 9.77. The number of carbonyl (C=O) groups is 2. The first-order valence-corrected chi connectivity index (χ1v) is 12.1. The van der Waals surface area contributed by atoms with Crippen molar-refractivity contribution in [2.45, 2.75) is 38.8 Å². The van der Waals surface area contributed by atoms with Crippen molar-refractivity contribution in [3.05, 3.63) is 70.8 Å². The van der Waals surface area contributed by atoms with Gasteiger partial charge in [-0.25, -0.2) is 0 Å². The van der Waals surface area contributed by atoms with Gasteiger partial charge in [-0.2, -0.15) is 0 Å². The number of ether oxygens (including phenoxy) is 2. The molecular weight excluding hydrogens is 452 g/mol. The summed E-state index contributed by atoms with van der Waals surface area (Å²) in [4.78, 5) is 27.8. The second-order valence-electron chi connectivity index (χ2n) is 9.36. The topological polar surface area (TPSA) is 67.9 Å². The highest BCUT2D eigenvalue weighted by atomic mass is 35.5. The van der Waals surface area contributed by atoms with Crippen molar-refractivity contribution in [2.24, 2.45) is 5.41 Å². The van der Waals surface area contributed by atoms with Crippen LogP contribution in [0.3, 0.4) is 0 Å². The number of benzene rings is 2. The van der Waals surface area contributed by atoms with Crippen molar-refractivity contribution in [2.75, 3.05) is 26.4 Å². The minimum Gasteiger partial charge on any atom is -0.493 e. The van der Waals surface area contributed by atoms with Gasteiger partial charge in [-0.3, -0.25) is 9.59 Å². The van der Waals surface area contributed by atoms with Crippen LogP contribution in [-0.2, 0) is 20.9 Å². The predicted molar refractivity (Wildman–Crippen MR) is 133 cm³/mol. The predicted octanol–water partition coefficient (Wildman–Crippen LogP) is 4.47. The van der Waals surface area contributed by atoms with E-state index in [1.807, 2.05) is 42.5 Å². The Kier molecular flexibility index (Phi) is 7.91. The molecule has 6 nitrogen and oxygen atoms in total. The SMILES string of the molecule is CC1(COc2cccc(CN(C(=O)/C=C/c3ccccc3Cl)[C@H]3CCCCNC3=O)c2)COC1. The molecule has 4 rings (SSSR count). The summed E-state index contributed by atoms with van der Waals surface area (Å²) in [6.45, 7) is 5.05. The maximum absolute atomic E-state index is 13.3. The fourth-order valence-corrected chi connectivity index (χ4v) is 4.35. The van der Waals surface area contributed by atoms with Crippen molar-refractivity contribution < 1.29 is 19.1 Å². The van der Waals surface area contributed by atoms with Gasteiger partial charge in [-0.15, -0.1) is 0 Å². The summed E-state index contributed by atoms with van der Waals surface area (Å²) < 4.78 is 11.3. The fraction of sp³-hybridized carbons (Fsp3) is 0.407. The highest BCUT2D eigenvalue weighted by molar-refractivity contribution is 6.32. The molecule has 2 aliphatic rings. The van der Waals surface area contributed by atoms with Gasteiger partial charge >= 0.3 is 0 Å².